The normalized spacial score (nSPS) is 10.2. The number of methoxy groups -OCH3 is 2. The molecule has 4 nitrogen and oxygen atoms in total. The number of anilines is 1. The SMILES string of the molecule is C=CCc1cc(C(=O)Nc2ccc(Cl)cc2C)cc(OC)c1OC. The van der Waals surface area contributed by atoms with E-state index >= 15 is 0 Å². The largest absolute Gasteiger partial charge is 0.493 e. The first-order valence-corrected chi connectivity index (χ1v) is 7.81. The number of aryl methyl sites for hydroxylation is 1. The van der Waals surface area contributed by atoms with Crippen LogP contribution in [-0.2, 0) is 6.42 Å². The monoisotopic (exact) mass is 345 g/mol. The number of amides is 1. The third-order valence-electron chi connectivity index (χ3n) is 3.62. The molecule has 24 heavy (non-hydrogen) atoms. The molecule has 0 bridgehead atoms. The van der Waals surface area contributed by atoms with E-state index in [1.165, 1.54) is 0 Å². The number of hydrogen-bond donors (Lipinski definition) is 1. The van der Waals surface area contributed by atoms with Crippen LogP contribution in [0.2, 0.25) is 5.02 Å². The molecular weight excluding hydrogens is 326 g/mol. The highest BCUT2D eigenvalue weighted by Crippen LogP contribution is 2.33. The number of rotatable bonds is 6. The van der Waals surface area contributed by atoms with Gasteiger partial charge in [-0.15, -0.1) is 6.58 Å². The van der Waals surface area contributed by atoms with E-state index in [2.05, 4.69) is 11.9 Å². The van der Waals surface area contributed by atoms with Crippen molar-refractivity contribution in [2.45, 2.75) is 13.3 Å². The number of nitrogens with one attached hydrogen (secondary N) is 1. The van der Waals surface area contributed by atoms with Gasteiger partial charge in [-0.05, 0) is 49.2 Å². The highest BCUT2D eigenvalue weighted by Gasteiger charge is 2.16. The third-order valence-corrected chi connectivity index (χ3v) is 3.85. The minimum atomic E-state index is -0.230. The molecule has 2 aromatic rings. The van der Waals surface area contributed by atoms with Gasteiger partial charge in [-0.1, -0.05) is 17.7 Å². The van der Waals surface area contributed by atoms with Crippen molar-refractivity contribution in [3.8, 4) is 11.5 Å². The topological polar surface area (TPSA) is 47.6 Å². The summed E-state index contributed by atoms with van der Waals surface area (Å²) in [7, 11) is 3.11. The molecule has 126 valence electrons. The minimum absolute atomic E-state index is 0.230. The average Bonchev–Trinajstić information content (AvgIpc) is 2.56. The Balaban J connectivity index is 2.38. The lowest BCUT2D eigenvalue weighted by Gasteiger charge is -2.15. The van der Waals surface area contributed by atoms with Gasteiger partial charge in [0.15, 0.2) is 11.5 Å². The van der Waals surface area contributed by atoms with Crippen molar-refractivity contribution in [1.29, 1.82) is 0 Å². The molecular formula is C19H20ClNO3. The number of carbonyl (C=O) groups is 1. The highest BCUT2D eigenvalue weighted by atomic mass is 35.5. The molecule has 0 heterocycles. The smallest absolute Gasteiger partial charge is 0.255 e. The van der Waals surface area contributed by atoms with Crippen LogP contribution < -0.4 is 14.8 Å². The Labute approximate surface area is 147 Å². The number of ether oxygens (including phenoxy) is 2. The molecule has 0 aliphatic heterocycles. The zero-order valence-corrected chi connectivity index (χ0v) is 14.7. The van der Waals surface area contributed by atoms with Gasteiger partial charge >= 0.3 is 0 Å². The predicted molar refractivity (Wildman–Crippen MR) is 97.6 cm³/mol. The Kier molecular flexibility index (Phi) is 5.88. The van der Waals surface area contributed by atoms with Gasteiger partial charge in [-0.3, -0.25) is 4.79 Å². The Morgan fingerprint density at radius 1 is 1.25 bits per heavy atom. The number of hydrogen-bond acceptors (Lipinski definition) is 3. The Morgan fingerprint density at radius 2 is 2.00 bits per heavy atom. The molecule has 2 aromatic carbocycles. The average molecular weight is 346 g/mol. The summed E-state index contributed by atoms with van der Waals surface area (Å²) in [4.78, 5) is 12.6. The summed E-state index contributed by atoms with van der Waals surface area (Å²) in [5, 5.41) is 3.52. The summed E-state index contributed by atoms with van der Waals surface area (Å²) in [6, 6.07) is 8.76. The number of allylic oxidation sites excluding steroid dienone is 1. The fraction of sp³-hybridized carbons (Fsp3) is 0.211. The van der Waals surface area contributed by atoms with Gasteiger partial charge in [-0.25, -0.2) is 0 Å². The molecule has 0 saturated carbocycles. The zero-order chi connectivity index (χ0) is 17.7. The van der Waals surface area contributed by atoms with Gasteiger partial charge in [0.1, 0.15) is 0 Å². The maximum Gasteiger partial charge on any atom is 0.255 e. The molecule has 0 fully saturated rings. The van der Waals surface area contributed by atoms with Gasteiger partial charge in [0.25, 0.3) is 5.91 Å². The van der Waals surface area contributed by atoms with E-state index in [0.29, 0.717) is 34.2 Å². The van der Waals surface area contributed by atoms with Crippen LogP contribution in [0.5, 0.6) is 11.5 Å². The van der Waals surface area contributed by atoms with Crippen molar-refractivity contribution in [3.05, 3.63) is 64.7 Å². The summed E-state index contributed by atoms with van der Waals surface area (Å²) >= 11 is 5.95. The molecule has 1 amide bonds. The van der Waals surface area contributed by atoms with Crippen molar-refractivity contribution >= 4 is 23.2 Å². The van der Waals surface area contributed by atoms with E-state index in [0.717, 1.165) is 11.1 Å². The molecule has 0 aliphatic carbocycles. The van der Waals surface area contributed by atoms with Crippen LogP contribution in [0.4, 0.5) is 5.69 Å². The lowest BCUT2D eigenvalue weighted by atomic mass is 10.0. The predicted octanol–water partition coefficient (Wildman–Crippen LogP) is 4.65. The lowest BCUT2D eigenvalue weighted by Crippen LogP contribution is -2.13. The van der Waals surface area contributed by atoms with E-state index in [-0.39, 0.29) is 5.91 Å². The van der Waals surface area contributed by atoms with Crippen LogP contribution in [0.15, 0.2) is 43.0 Å². The van der Waals surface area contributed by atoms with E-state index in [1.54, 1.807) is 50.6 Å². The summed E-state index contributed by atoms with van der Waals surface area (Å²) in [5.41, 5.74) is 2.93. The Bertz CT molecular complexity index is 771. The van der Waals surface area contributed by atoms with E-state index in [4.69, 9.17) is 21.1 Å². The fourth-order valence-corrected chi connectivity index (χ4v) is 2.67. The molecule has 1 N–H and O–H groups in total. The summed E-state index contributed by atoms with van der Waals surface area (Å²) < 4.78 is 10.7. The molecule has 0 aromatic heterocycles. The first-order chi connectivity index (χ1) is 11.5. The molecule has 0 aliphatic rings. The summed E-state index contributed by atoms with van der Waals surface area (Å²) in [6.07, 6.45) is 2.32. The van der Waals surface area contributed by atoms with E-state index < -0.39 is 0 Å². The fourth-order valence-electron chi connectivity index (χ4n) is 2.44. The zero-order valence-electron chi connectivity index (χ0n) is 14.0. The maximum atomic E-state index is 12.6. The first-order valence-electron chi connectivity index (χ1n) is 7.43. The highest BCUT2D eigenvalue weighted by molar-refractivity contribution is 6.30. The second-order valence-electron chi connectivity index (χ2n) is 5.28. The van der Waals surface area contributed by atoms with Crippen molar-refractivity contribution in [1.82, 2.24) is 0 Å². The van der Waals surface area contributed by atoms with Crippen LogP contribution in [0.3, 0.4) is 0 Å². The van der Waals surface area contributed by atoms with Crippen molar-refractivity contribution in [3.63, 3.8) is 0 Å². The standard InChI is InChI=1S/C19H20ClNO3/c1-5-6-13-10-14(11-17(23-3)18(13)24-4)19(22)21-16-8-7-15(20)9-12(16)2/h5,7-11H,1,6H2,2-4H3,(H,21,22). The van der Waals surface area contributed by atoms with Gasteiger partial charge < -0.3 is 14.8 Å². The third kappa shape index (κ3) is 3.89. The Morgan fingerprint density at radius 3 is 2.58 bits per heavy atom. The molecule has 0 atom stereocenters. The molecule has 0 radical (unpaired) electrons. The number of carbonyl (C=O) groups excluding carboxylic acids is 1. The number of benzene rings is 2. The maximum absolute atomic E-state index is 12.6. The molecule has 5 heteroatoms. The number of halogens is 1. The van der Waals surface area contributed by atoms with Crippen molar-refractivity contribution in [2.24, 2.45) is 0 Å². The van der Waals surface area contributed by atoms with Gasteiger partial charge in [0, 0.05) is 21.8 Å². The van der Waals surface area contributed by atoms with Gasteiger partial charge in [0.05, 0.1) is 14.2 Å². The van der Waals surface area contributed by atoms with Crippen molar-refractivity contribution < 1.29 is 14.3 Å². The second kappa shape index (κ2) is 7.88. The summed E-state index contributed by atoms with van der Waals surface area (Å²) in [5.74, 6) is 0.887. The van der Waals surface area contributed by atoms with Crippen LogP contribution in [0.25, 0.3) is 0 Å². The van der Waals surface area contributed by atoms with Crippen LogP contribution in [-0.4, -0.2) is 20.1 Å². The van der Waals surface area contributed by atoms with Crippen LogP contribution in [0.1, 0.15) is 21.5 Å². The van der Waals surface area contributed by atoms with E-state index in [1.807, 2.05) is 6.92 Å². The Hall–Kier alpha value is -2.46. The van der Waals surface area contributed by atoms with Crippen LogP contribution >= 0.6 is 11.6 Å². The lowest BCUT2D eigenvalue weighted by molar-refractivity contribution is 0.102. The molecule has 0 saturated heterocycles. The molecule has 2 rings (SSSR count). The second-order valence-corrected chi connectivity index (χ2v) is 5.71. The first kappa shape index (κ1) is 17.9. The molecule has 0 unspecified atom stereocenters. The van der Waals surface area contributed by atoms with Crippen LogP contribution in [0, 0.1) is 6.92 Å². The quantitative estimate of drug-likeness (QED) is 0.775. The molecule has 0 spiro atoms. The van der Waals surface area contributed by atoms with Crippen molar-refractivity contribution in [2.75, 3.05) is 19.5 Å². The minimum Gasteiger partial charge on any atom is -0.493 e. The van der Waals surface area contributed by atoms with Gasteiger partial charge in [0.2, 0.25) is 0 Å². The summed E-state index contributed by atoms with van der Waals surface area (Å²) in [6.45, 7) is 5.63. The van der Waals surface area contributed by atoms with Gasteiger partial charge in [-0.2, -0.15) is 0 Å². The van der Waals surface area contributed by atoms with E-state index in [9.17, 15) is 4.79 Å².